The quantitative estimate of drug-likeness (QED) is 0.531. The minimum atomic E-state index is -3.48. The van der Waals surface area contributed by atoms with Crippen LogP contribution in [0.2, 0.25) is 0 Å². The van der Waals surface area contributed by atoms with Gasteiger partial charge < -0.3 is 4.74 Å². The number of nitrogens with zero attached hydrogens (tertiary/aromatic N) is 1. The highest BCUT2D eigenvalue weighted by atomic mass is 79.9. The van der Waals surface area contributed by atoms with Gasteiger partial charge in [-0.05, 0) is 60.0 Å². The van der Waals surface area contributed by atoms with Gasteiger partial charge in [-0.1, -0.05) is 17.7 Å². The standard InChI is InChI=1S/C17H18BrNO4S2/c1-12-2-4-14(5-3-12)23-17(20)13-8-10-19(11-9-13)25(21,22)16-7-6-15(18)24-16/h2-7,13H,8-11H2,1H3. The van der Waals surface area contributed by atoms with E-state index in [1.165, 1.54) is 15.6 Å². The van der Waals surface area contributed by atoms with E-state index in [1.807, 2.05) is 19.1 Å². The highest BCUT2D eigenvalue weighted by molar-refractivity contribution is 9.11. The first-order valence-corrected chi connectivity index (χ1v) is 10.9. The van der Waals surface area contributed by atoms with Crippen LogP contribution in [0, 0.1) is 12.8 Å². The zero-order valence-electron chi connectivity index (χ0n) is 13.6. The Morgan fingerprint density at radius 3 is 2.36 bits per heavy atom. The maximum atomic E-state index is 12.6. The molecule has 2 aromatic rings. The lowest BCUT2D eigenvalue weighted by molar-refractivity contribution is -0.140. The highest BCUT2D eigenvalue weighted by Crippen LogP contribution is 2.31. The number of sulfonamides is 1. The van der Waals surface area contributed by atoms with Gasteiger partial charge in [0.25, 0.3) is 10.0 Å². The first kappa shape index (κ1) is 18.6. The molecule has 1 fully saturated rings. The van der Waals surface area contributed by atoms with Crippen molar-refractivity contribution in [3.63, 3.8) is 0 Å². The average Bonchev–Trinajstić information content (AvgIpc) is 3.04. The van der Waals surface area contributed by atoms with Crippen molar-refractivity contribution in [1.82, 2.24) is 4.31 Å². The molecule has 2 heterocycles. The molecule has 8 heteroatoms. The molecule has 1 saturated heterocycles. The summed E-state index contributed by atoms with van der Waals surface area (Å²) in [4.78, 5) is 12.3. The molecule has 25 heavy (non-hydrogen) atoms. The number of hydrogen-bond acceptors (Lipinski definition) is 5. The van der Waals surface area contributed by atoms with Gasteiger partial charge in [0.1, 0.15) is 9.96 Å². The van der Waals surface area contributed by atoms with Crippen LogP contribution in [0.1, 0.15) is 18.4 Å². The van der Waals surface area contributed by atoms with E-state index in [0.29, 0.717) is 35.9 Å². The third-order valence-electron chi connectivity index (χ3n) is 4.17. The minimum Gasteiger partial charge on any atom is -0.426 e. The van der Waals surface area contributed by atoms with Gasteiger partial charge in [0.15, 0.2) is 0 Å². The minimum absolute atomic E-state index is 0.275. The summed E-state index contributed by atoms with van der Waals surface area (Å²) in [5.41, 5.74) is 1.10. The van der Waals surface area contributed by atoms with E-state index in [1.54, 1.807) is 24.3 Å². The SMILES string of the molecule is Cc1ccc(OC(=O)C2CCN(S(=O)(=O)c3ccc(Br)s3)CC2)cc1. The maximum Gasteiger partial charge on any atom is 0.314 e. The molecule has 0 saturated carbocycles. The molecule has 1 aliphatic heterocycles. The molecule has 1 aliphatic rings. The van der Waals surface area contributed by atoms with Crippen molar-refractivity contribution < 1.29 is 17.9 Å². The van der Waals surface area contributed by atoms with Crippen molar-refractivity contribution in [1.29, 1.82) is 0 Å². The van der Waals surface area contributed by atoms with Crippen molar-refractivity contribution in [3.05, 3.63) is 45.7 Å². The van der Waals surface area contributed by atoms with Gasteiger partial charge in [0, 0.05) is 13.1 Å². The molecule has 0 bridgehead atoms. The number of esters is 1. The van der Waals surface area contributed by atoms with E-state index < -0.39 is 10.0 Å². The van der Waals surface area contributed by atoms with Gasteiger partial charge in [0.2, 0.25) is 0 Å². The van der Waals surface area contributed by atoms with Crippen LogP contribution in [-0.2, 0) is 14.8 Å². The Bertz CT molecular complexity index is 853. The summed E-state index contributed by atoms with van der Waals surface area (Å²) in [7, 11) is -3.48. The highest BCUT2D eigenvalue weighted by Gasteiger charge is 2.33. The first-order valence-electron chi connectivity index (χ1n) is 7.90. The van der Waals surface area contributed by atoms with Crippen molar-refractivity contribution in [2.45, 2.75) is 24.0 Å². The number of piperidine rings is 1. The lowest BCUT2D eigenvalue weighted by atomic mass is 9.98. The Kier molecular flexibility index (Phi) is 5.62. The molecule has 0 radical (unpaired) electrons. The molecule has 5 nitrogen and oxygen atoms in total. The summed E-state index contributed by atoms with van der Waals surface area (Å²) in [5.74, 6) is -0.0447. The van der Waals surface area contributed by atoms with Crippen LogP contribution in [0.25, 0.3) is 0 Å². The second-order valence-corrected chi connectivity index (χ2v) is 10.6. The van der Waals surface area contributed by atoms with Crippen molar-refractivity contribution >= 4 is 43.3 Å². The number of halogens is 1. The fraction of sp³-hybridized carbons (Fsp3) is 0.353. The summed E-state index contributed by atoms with van der Waals surface area (Å²) >= 11 is 4.48. The molecule has 0 atom stereocenters. The number of carbonyl (C=O) groups is 1. The monoisotopic (exact) mass is 443 g/mol. The number of aryl methyl sites for hydroxylation is 1. The summed E-state index contributed by atoms with van der Waals surface area (Å²) in [6.45, 7) is 2.62. The topological polar surface area (TPSA) is 63.7 Å². The van der Waals surface area contributed by atoms with Crippen LogP contribution in [-0.4, -0.2) is 31.8 Å². The van der Waals surface area contributed by atoms with Crippen LogP contribution in [0.4, 0.5) is 0 Å². The largest absolute Gasteiger partial charge is 0.426 e. The second kappa shape index (κ2) is 7.57. The number of carbonyl (C=O) groups excluding carboxylic acids is 1. The Morgan fingerprint density at radius 2 is 1.80 bits per heavy atom. The van der Waals surface area contributed by atoms with E-state index in [-0.39, 0.29) is 11.9 Å². The van der Waals surface area contributed by atoms with Gasteiger partial charge in [-0.25, -0.2) is 8.42 Å². The predicted molar refractivity (Wildman–Crippen MR) is 100 cm³/mol. The Balaban J connectivity index is 1.59. The molecule has 0 unspecified atom stereocenters. The zero-order chi connectivity index (χ0) is 18.0. The number of rotatable bonds is 4. The molecule has 0 spiro atoms. The van der Waals surface area contributed by atoms with E-state index in [2.05, 4.69) is 15.9 Å². The summed E-state index contributed by atoms with van der Waals surface area (Å²) in [6.07, 6.45) is 0.937. The summed E-state index contributed by atoms with van der Waals surface area (Å²) in [5, 5.41) is 0. The third-order valence-corrected chi connectivity index (χ3v) is 8.16. The van der Waals surface area contributed by atoms with Gasteiger partial charge in [-0.2, -0.15) is 4.31 Å². The fourth-order valence-electron chi connectivity index (χ4n) is 2.70. The molecule has 1 aromatic carbocycles. The fourth-order valence-corrected chi connectivity index (χ4v) is 6.34. The first-order chi connectivity index (χ1) is 11.9. The number of benzene rings is 1. The van der Waals surface area contributed by atoms with Crippen molar-refractivity contribution in [2.75, 3.05) is 13.1 Å². The number of ether oxygens (including phenoxy) is 1. The molecule has 3 rings (SSSR count). The lowest BCUT2D eigenvalue weighted by Gasteiger charge is -2.29. The van der Waals surface area contributed by atoms with Crippen LogP contribution >= 0.6 is 27.3 Å². The second-order valence-electron chi connectivity index (χ2n) is 5.97. The Labute approximate surface area is 159 Å². The van der Waals surface area contributed by atoms with Crippen LogP contribution in [0.3, 0.4) is 0 Å². The van der Waals surface area contributed by atoms with Crippen molar-refractivity contribution in [3.8, 4) is 5.75 Å². The Morgan fingerprint density at radius 1 is 1.16 bits per heavy atom. The van der Waals surface area contributed by atoms with E-state index in [4.69, 9.17) is 4.74 Å². The normalized spacial score (nSPS) is 16.7. The van der Waals surface area contributed by atoms with Gasteiger partial charge in [-0.3, -0.25) is 4.79 Å². The molecule has 0 amide bonds. The van der Waals surface area contributed by atoms with E-state index in [0.717, 1.165) is 9.35 Å². The average molecular weight is 444 g/mol. The van der Waals surface area contributed by atoms with E-state index in [9.17, 15) is 13.2 Å². The number of thiophene rings is 1. The summed E-state index contributed by atoms with van der Waals surface area (Å²) < 4.78 is 33.2. The van der Waals surface area contributed by atoms with Gasteiger partial charge in [-0.15, -0.1) is 11.3 Å². The van der Waals surface area contributed by atoms with E-state index >= 15 is 0 Å². The van der Waals surface area contributed by atoms with Crippen LogP contribution in [0.15, 0.2) is 44.4 Å². The van der Waals surface area contributed by atoms with Crippen LogP contribution in [0.5, 0.6) is 5.75 Å². The lowest BCUT2D eigenvalue weighted by Crippen LogP contribution is -2.40. The molecule has 134 valence electrons. The van der Waals surface area contributed by atoms with Gasteiger partial charge >= 0.3 is 5.97 Å². The Hall–Kier alpha value is -1.22. The summed E-state index contributed by atoms with van der Waals surface area (Å²) in [6, 6.07) is 10.6. The van der Waals surface area contributed by atoms with Crippen molar-refractivity contribution in [2.24, 2.45) is 5.92 Å². The smallest absolute Gasteiger partial charge is 0.314 e. The molecule has 0 aliphatic carbocycles. The molecular formula is C17H18BrNO4S2. The molecule has 0 N–H and O–H groups in total. The third kappa shape index (κ3) is 4.31. The van der Waals surface area contributed by atoms with Gasteiger partial charge in [0.05, 0.1) is 9.70 Å². The zero-order valence-corrected chi connectivity index (χ0v) is 16.9. The molecule has 1 aromatic heterocycles. The molecular weight excluding hydrogens is 426 g/mol. The number of hydrogen-bond donors (Lipinski definition) is 0. The van der Waals surface area contributed by atoms with Crippen LogP contribution < -0.4 is 4.74 Å². The predicted octanol–water partition coefficient (Wildman–Crippen LogP) is 3.83. The maximum absolute atomic E-state index is 12.6.